The van der Waals surface area contributed by atoms with Gasteiger partial charge in [0.05, 0.1) is 11.7 Å². The van der Waals surface area contributed by atoms with Gasteiger partial charge in [-0.15, -0.1) is 0 Å². The third-order valence-electron chi connectivity index (χ3n) is 2.63. The minimum absolute atomic E-state index is 0.196. The minimum Gasteiger partial charge on any atom is -0.338 e. The quantitative estimate of drug-likeness (QED) is 0.697. The van der Waals surface area contributed by atoms with E-state index in [1.807, 2.05) is 41.1 Å². The van der Waals surface area contributed by atoms with Crippen molar-refractivity contribution >= 4 is 6.29 Å². The molecule has 0 fully saturated rings. The lowest BCUT2D eigenvalue weighted by Gasteiger charge is -2.15. The third kappa shape index (κ3) is 1.84. The third-order valence-corrected chi connectivity index (χ3v) is 2.63. The molecule has 0 aliphatic heterocycles. The molecule has 2 aromatic rings. The molecule has 0 aliphatic carbocycles. The molecule has 15 heavy (non-hydrogen) atoms. The lowest BCUT2D eigenvalue weighted by molar-refractivity contribution is 0.111. The SMILES string of the molecule is C[C@@H](c1ccccc1)n1cccc1C=O. The van der Waals surface area contributed by atoms with E-state index in [0.717, 1.165) is 6.29 Å². The summed E-state index contributed by atoms with van der Waals surface area (Å²) in [4.78, 5) is 10.8. The maximum absolute atomic E-state index is 10.8. The van der Waals surface area contributed by atoms with Crippen molar-refractivity contribution in [1.82, 2.24) is 4.57 Å². The highest BCUT2D eigenvalue weighted by Gasteiger charge is 2.09. The van der Waals surface area contributed by atoms with E-state index in [1.54, 1.807) is 0 Å². The number of aldehydes is 1. The van der Waals surface area contributed by atoms with Crippen LogP contribution in [0.5, 0.6) is 0 Å². The summed E-state index contributed by atoms with van der Waals surface area (Å²) >= 11 is 0. The van der Waals surface area contributed by atoms with Crippen molar-refractivity contribution in [2.75, 3.05) is 0 Å². The zero-order chi connectivity index (χ0) is 10.7. The van der Waals surface area contributed by atoms with Gasteiger partial charge in [0, 0.05) is 6.20 Å². The van der Waals surface area contributed by atoms with E-state index < -0.39 is 0 Å². The molecule has 0 amide bonds. The van der Waals surface area contributed by atoms with E-state index in [9.17, 15) is 4.79 Å². The van der Waals surface area contributed by atoms with Gasteiger partial charge in [0.2, 0.25) is 0 Å². The fraction of sp³-hybridized carbons (Fsp3) is 0.154. The summed E-state index contributed by atoms with van der Waals surface area (Å²) in [7, 11) is 0. The van der Waals surface area contributed by atoms with Crippen molar-refractivity contribution in [1.29, 1.82) is 0 Å². The van der Waals surface area contributed by atoms with Crippen LogP contribution in [0.4, 0.5) is 0 Å². The molecule has 0 radical (unpaired) electrons. The van der Waals surface area contributed by atoms with E-state index in [0.29, 0.717) is 5.69 Å². The molecule has 2 rings (SSSR count). The van der Waals surface area contributed by atoms with Crippen LogP contribution in [0, 0.1) is 0 Å². The van der Waals surface area contributed by atoms with Crippen molar-refractivity contribution in [3.8, 4) is 0 Å². The maximum Gasteiger partial charge on any atom is 0.166 e. The molecule has 0 saturated heterocycles. The number of nitrogens with zero attached hydrogens (tertiary/aromatic N) is 1. The van der Waals surface area contributed by atoms with Crippen LogP contribution in [0.2, 0.25) is 0 Å². The highest BCUT2D eigenvalue weighted by atomic mass is 16.1. The molecular weight excluding hydrogens is 186 g/mol. The van der Waals surface area contributed by atoms with Crippen molar-refractivity contribution in [2.45, 2.75) is 13.0 Å². The fourth-order valence-corrected chi connectivity index (χ4v) is 1.75. The Balaban J connectivity index is 2.36. The lowest BCUT2D eigenvalue weighted by atomic mass is 10.1. The van der Waals surface area contributed by atoms with E-state index in [4.69, 9.17) is 0 Å². The monoisotopic (exact) mass is 199 g/mol. The molecule has 76 valence electrons. The number of aromatic nitrogens is 1. The number of hydrogen-bond donors (Lipinski definition) is 0. The second-order valence-electron chi connectivity index (χ2n) is 3.54. The maximum atomic E-state index is 10.8. The van der Waals surface area contributed by atoms with Gasteiger partial charge in [-0.1, -0.05) is 30.3 Å². The van der Waals surface area contributed by atoms with Crippen LogP contribution in [0.15, 0.2) is 48.7 Å². The van der Waals surface area contributed by atoms with Crippen molar-refractivity contribution in [2.24, 2.45) is 0 Å². The van der Waals surface area contributed by atoms with Crippen LogP contribution in [-0.4, -0.2) is 10.9 Å². The van der Waals surface area contributed by atoms with Gasteiger partial charge in [-0.2, -0.15) is 0 Å². The average Bonchev–Trinajstić information content (AvgIpc) is 2.77. The summed E-state index contributed by atoms with van der Waals surface area (Å²) < 4.78 is 1.97. The van der Waals surface area contributed by atoms with E-state index in [2.05, 4.69) is 19.1 Å². The summed E-state index contributed by atoms with van der Waals surface area (Å²) in [5, 5.41) is 0. The molecule has 1 atom stereocenters. The summed E-state index contributed by atoms with van der Waals surface area (Å²) in [5.74, 6) is 0. The van der Waals surface area contributed by atoms with Gasteiger partial charge in [0.15, 0.2) is 6.29 Å². The molecule has 1 heterocycles. The predicted molar refractivity (Wildman–Crippen MR) is 60.1 cm³/mol. The standard InChI is InChI=1S/C13H13NO/c1-11(12-6-3-2-4-7-12)14-9-5-8-13(14)10-15/h2-11H,1H3/t11-/m0/s1. The minimum atomic E-state index is 0.196. The first-order valence-electron chi connectivity index (χ1n) is 5.00. The first-order valence-corrected chi connectivity index (χ1v) is 5.00. The largest absolute Gasteiger partial charge is 0.338 e. The van der Waals surface area contributed by atoms with Crippen molar-refractivity contribution < 1.29 is 4.79 Å². The van der Waals surface area contributed by atoms with Gasteiger partial charge in [-0.05, 0) is 24.6 Å². The number of hydrogen-bond acceptors (Lipinski definition) is 1. The van der Waals surface area contributed by atoms with Gasteiger partial charge in [0.25, 0.3) is 0 Å². The highest BCUT2D eigenvalue weighted by molar-refractivity contribution is 5.72. The number of carbonyl (C=O) groups excluding carboxylic acids is 1. The molecule has 0 saturated carbocycles. The second-order valence-corrected chi connectivity index (χ2v) is 3.54. The predicted octanol–water partition coefficient (Wildman–Crippen LogP) is 2.91. The second kappa shape index (κ2) is 4.13. The normalized spacial score (nSPS) is 12.3. The van der Waals surface area contributed by atoms with Crippen LogP contribution in [0.25, 0.3) is 0 Å². The Labute approximate surface area is 89.2 Å². The Kier molecular flexibility index (Phi) is 2.68. The van der Waals surface area contributed by atoms with Gasteiger partial charge in [-0.25, -0.2) is 0 Å². The number of benzene rings is 1. The molecule has 2 heteroatoms. The Morgan fingerprint density at radius 3 is 2.53 bits per heavy atom. The van der Waals surface area contributed by atoms with E-state index in [1.165, 1.54) is 5.56 Å². The molecule has 1 aromatic heterocycles. The van der Waals surface area contributed by atoms with Crippen LogP contribution in [0.1, 0.15) is 29.0 Å². The van der Waals surface area contributed by atoms with Crippen LogP contribution >= 0.6 is 0 Å². The molecular formula is C13H13NO. The molecule has 2 nitrogen and oxygen atoms in total. The topological polar surface area (TPSA) is 22.0 Å². The van der Waals surface area contributed by atoms with E-state index >= 15 is 0 Å². The first-order chi connectivity index (χ1) is 7.33. The summed E-state index contributed by atoms with van der Waals surface area (Å²) in [6.45, 7) is 2.09. The number of rotatable bonds is 3. The van der Waals surface area contributed by atoms with Gasteiger partial charge in [-0.3, -0.25) is 4.79 Å². The summed E-state index contributed by atoms with van der Waals surface area (Å²) in [6.07, 6.45) is 2.82. The van der Waals surface area contributed by atoms with Crippen LogP contribution < -0.4 is 0 Å². The van der Waals surface area contributed by atoms with Crippen molar-refractivity contribution in [3.05, 3.63) is 59.9 Å². The Bertz CT molecular complexity index is 445. The zero-order valence-corrected chi connectivity index (χ0v) is 8.63. The molecule has 0 unspecified atom stereocenters. The Hall–Kier alpha value is -1.83. The smallest absolute Gasteiger partial charge is 0.166 e. The molecule has 0 spiro atoms. The Morgan fingerprint density at radius 1 is 1.13 bits per heavy atom. The molecule has 0 aliphatic rings. The Morgan fingerprint density at radius 2 is 1.87 bits per heavy atom. The zero-order valence-electron chi connectivity index (χ0n) is 8.63. The van der Waals surface area contributed by atoms with Gasteiger partial charge < -0.3 is 4.57 Å². The molecule has 0 bridgehead atoms. The van der Waals surface area contributed by atoms with Crippen LogP contribution in [0.3, 0.4) is 0 Å². The summed E-state index contributed by atoms with van der Waals surface area (Å²) in [5.41, 5.74) is 1.92. The first kappa shape index (κ1) is 9.71. The van der Waals surface area contributed by atoms with Gasteiger partial charge >= 0.3 is 0 Å². The number of carbonyl (C=O) groups is 1. The fourth-order valence-electron chi connectivity index (χ4n) is 1.75. The van der Waals surface area contributed by atoms with E-state index in [-0.39, 0.29) is 6.04 Å². The molecule has 1 aromatic carbocycles. The van der Waals surface area contributed by atoms with Gasteiger partial charge in [0.1, 0.15) is 0 Å². The average molecular weight is 199 g/mol. The summed E-state index contributed by atoms with van der Waals surface area (Å²) in [6, 6.07) is 14.1. The van der Waals surface area contributed by atoms with Crippen LogP contribution in [-0.2, 0) is 0 Å². The van der Waals surface area contributed by atoms with Crippen molar-refractivity contribution in [3.63, 3.8) is 0 Å². The highest BCUT2D eigenvalue weighted by Crippen LogP contribution is 2.19. The lowest BCUT2D eigenvalue weighted by Crippen LogP contribution is -2.08. The molecule has 0 N–H and O–H groups in total.